The molecule has 0 saturated carbocycles. The first-order valence-electron chi connectivity index (χ1n) is 7.52. The molecule has 0 unspecified atom stereocenters. The third-order valence-electron chi connectivity index (χ3n) is 3.82. The number of amides is 2. The number of carbonyl (C=O) groups is 2. The third-order valence-corrected chi connectivity index (χ3v) is 3.82. The summed E-state index contributed by atoms with van der Waals surface area (Å²) in [6, 6.07) is 7.85. The van der Waals surface area contributed by atoms with Gasteiger partial charge in [0.25, 0.3) is 0 Å². The quantitative estimate of drug-likeness (QED) is 0.727. The molecule has 1 heterocycles. The Morgan fingerprint density at radius 2 is 1.91 bits per heavy atom. The highest BCUT2D eigenvalue weighted by molar-refractivity contribution is 5.78. The summed E-state index contributed by atoms with van der Waals surface area (Å²) in [7, 11) is 1.64. The van der Waals surface area contributed by atoms with Gasteiger partial charge < -0.3 is 15.0 Å². The molecule has 1 aromatic carbocycles. The molecule has 2 rings (SSSR count). The highest BCUT2D eigenvalue weighted by Gasteiger charge is 2.17. The molecule has 6 heteroatoms. The molecule has 0 spiro atoms. The Hall–Kier alpha value is -2.08. The van der Waals surface area contributed by atoms with Gasteiger partial charge in [-0.3, -0.25) is 14.5 Å². The van der Waals surface area contributed by atoms with Crippen molar-refractivity contribution in [2.75, 3.05) is 46.4 Å². The first kappa shape index (κ1) is 16.3. The van der Waals surface area contributed by atoms with Crippen molar-refractivity contribution in [3.8, 4) is 5.75 Å². The van der Waals surface area contributed by atoms with Crippen LogP contribution in [-0.4, -0.2) is 68.5 Å². The van der Waals surface area contributed by atoms with Gasteiger partial charge in [-0.25, -0.2) is 0 Å². The van der Waals surface area contributed by atoms with Crippen molar-refractivity contribution >= 4 is 12.3 Å². The monoisotopic (exact) mass is 305 g/mol. The van der Waals surface area contributed by atoms with Gasteiger partial charge in [-0.05, 0) is 24.1 Å². The predicted molar refractivity (Wildman–Crippen MR) is 83.8 cm³/mol. The average Bonchev–Trinajstić information content (AvgIpc) is 2.56. The second kappa shape index (κ2) is 8.38. The number of carbonyl (C=O) groups excluding carboxylic acids is 2. The largest absolute Gasteiger partial charge is 0.497 e. The molecule has 0 atom stereocenters. The maximum atomic E-state index is 11.9. The summed E-state index contributed by atoms with van der Waals surface area (Å²) in [6.45, 7) is 3.93. The van der Waals surface area contributed by atoms with E-state index in [0.29, 0.717) is 26.2 Å². The van der Waals surface area contributed by atoms with Crippen LogP contribution in [-0.2, 0) is 16.0 Å². The fourth-order valence-corrected chi connectivity index (χ4v) is 2.42. The van der Waals surface area contributed by atoms with Gasteiger partial charge in [-0.1, -0.05) is 12.1 Å². The number of rotatable bonds is 7. The van der Waals surface area contributed by atoms with Gasteiger partial charge in [0.05, 0.1) is 13.7 Å². The molecule has 22 heavy (non-hydrogen) atoms. The van der Waals surface area contributed by atoms with E-state index in [0.717, 1.165) is 31.7 Å². The van der Waals surface area contributed by atoms with E-state index in [-0.39, 0.29) is 5.91 Å². The molecule has 1 fully saturated rings. The average molecular weight is 305 g/mol. The van der Waals surface area contributed by atoms with Crippen LogP contribution in [0.2, 0.25) is 0 Å². The van der Waals surface area contributed by atoms with E-state index < -0.39 is 0 Å². The number of ether oxygens (including phenoxy) is 1. The van der Waals surface area contributed by atoms with Crippen LogP contribution < -0.4 is 10.1 Å². The summed E-state index contributed by atoms with van der Waals surface area (Å²) in [4.78, 5) is 26.3. The zero-order valence-corrected chi connectivity index (χ0v) is 13.0. The highest BCUT2D eigenvalue weighted by Crippen LogP contribution is 2.11. The Morgan fingerprint density at radius 1 is 1.23 bits per heavy atom. The van der Waals surface area contributed by atoms with Gasteiger partial charge in [-0.15, -0.1) is 0 Å². The molecule has 0 aliphatic carbocycles. The van der Waals surface area contributed by atoms with Gasteiger partial charge in [0, 0.05) is 32.7 Å². The van der Waals surface area contributed by atoms with Crippen molar-refractivity contribution in [3.63, 3.8) is 0 Å². The maximum absolute atomic E-state index is 11.9. The van der Waals surface area contributed by atoms with Gasteiger partial charge in [0.15, 0.2) is 0 Å². The summed E-state index contributed by atoms with van der Waals surface area (Å²) < 4.78 is 5.11. The molecule has 1 aromatic rings. The smallest absolute Gasteiger partial charge is 0.234 e. The molecular weight excluding hydrogens is 282 g/mol. The normalized spacial score (nSPS) is 15.4. The molecule has 0 aromatic heterocycles. The highest BCUT2D eigenvalue weighted by atomic mass is 16.5. The van der Waals surface area contributed by atoms with Crippen molar-refractivity contribution in [2.45, 2.75) is 6.42 Å². The van der Waals surface area contributed by atoms with E-state index in [1.165, 1.54) is 5.56 Å². The van der Waals surface area contributed by atoms with E-state index in [1.807, 2.05) is 24.3 Å². The van der Waals surface area contributed by atoms with E-state index >= 15 is 0 Å². The van der Waals surface area contributed by atoms with Crippen LogP contribution in [0, 0.1) is 0 Å². The number of piperazine rings is 1. The summed E-state index contributed by atoms with van der Waals surface area (Å²) >= 11 is 0. The van der Waals surface area contributed by atoms with Crippen molar-refractivity contribution < 1.29 is 14.3 Å². The van der Waals surface area contributed by atoms with Crippen LogP contribution >= 0.6 is 0 Å². The molecule has 1 aliphatic rings. The van der Waals surface area contributed by atoms with Crippen LogP contribution in [0.1, 0.15) is 5.56 Å². The molecule has 0 radical (unpaired) electrons. The van der Waals surface area contributed by atoms with E-state index in [2.05, 4.69) is 10.2 Å². The zero-order valence-electron chi connectivity index (χ0n) is 13.0. The van der Waals surface area contributed by atoms with E-state index in [4.69, 9.17) is 4.74 Å². The first-order valence-corrected chi connectivity index (χ1v) is 7.52. The van der Waals surface area contributed by atoms with Crippen LogP contribution in [0.25, 0.3) is 0 Å². The fraction of sp³-hybridized carbons (Fsp3) is 0.500. The van der Waals surface area contributed by atoms with Gasteiger partial charge in [0.2, 0.25) is 12.3 Å². The molecule has 0 bridgehead atoms. The Kier molecular flexibility index (Phi) is 6.21. The topological polar surface area (TPSA) is 61.9 Å². The molecule has 1 saturated heterocycles. The van der Waals surface area contributed by atoms with E-state index in [9.17, 15) is 9.59 Å². The number of hydrogen-bond acceptors (Lipinski definition) is 4. The van der Waals surface area contributed by atoms with Crippen LogP contribution in [0.5, 0.6) is 5.75 Å². The Morgan fingerprint density at radius 3 is 2.50 bits per heavy atom. The first-order chi connectivity index (χ1) is 10.7. The lowest BCUT2D eigenvalue weighted by atomic mass is 10.1. The summed E-state index contributed by atoms with van der Waals surface area (Å²) in [5, 5.41) is 2.94. The molecule has 1 N–H and O–H groups in total. The number of benzene rings is 1. The van der Waals surface area contributed by atoms with Gasteiger partial charge >= 0.3 is 0 Å². The van der Waals surface area contributed by atoms with Crippen LogP contribution in [0.15, 0.2) is 24.3 Å². The van der Waals surface area contributed by atoms with E-state index in [1.54, 1.807) is 12.0 Å². The molecule has 1 aliphatic heterocycles. The fourth-order valence-electron chi connectivity index (χ4n) is 2.42. The minimum absolute atomic E-state index is 0.0352. The van der Waals surface area contributed by atoms with Gasteiger partial charge in [-0.2, -0.15) is 0 Å². The summed E-state index contributed by atoms with van der Waals surface area (Å²) in [5.41, 5.74) is 1.17. The number of nitrogens with zero attached hydrogens (tertiary/aromatic N) is 2. The standard InChI is InChI=1S/C16H23N3O3/c1-22-15-4-2-14(3-5-15)6-7-17-16(21)12-18-8-10-19(13-20)11-9-18/h2-5,13H,6-12H2,1H3,(H,17,21). The third kappa shape index (κ3) is 5.04. The summed E-state index contributed by atoms with van der Waals surface area (Å²) in [6.07, 6.45) is 1.67. The molecule has 120 valence electrons. The zero-order chi connectivity index (χ0) is 15.8. The van der Waals surface area contributed by atoms with Crippen molar-refractivity contribution in [1.82, 2.24) is 15.1 Å². The molecule has 6 nitrogen and oxygen atoms in total. The lowest BCUT2D eigenvalue weighted by Gasteiger charge is -2.31. The Labute approximate surface area is 131 Å². The van der Waals surface area contributed by atoms with Crippen molar-refractivity contribution in [2.24, 2.45) is 0 Å². The van der Waals surface area contributed by atoms with Crippen molar-refractivity contribution in [3.05, 3.63) is 29.8 Å². The Balaban J connectivity index is 1.64. The maximum Gasteiger partial charge on any atom is 0.234 e. The van der Waals surface area contributed by atoms with Crippen molar-refractivity contribution in [1.29, 1.82) is 0 Å². The number of methoxy groups -OCH3 is 1. The second-order valence-corrected chi connectivity index (χ2v) is 5.37. The van der Waals surface area contributed by atoms with Crippen LogP contribution in [0.4, 0.5) is 0 Å². The minimum Gasteiger partial charge on any atom is -0.497 e. The summed E-state index contributed by atoms with van der Waals surface area (Å²) in [5.74, 6) is 0.871. The number of nitrogens with one attached hydrogen (secondary N) is 1. The predicted octanol–water partition coefficient (Wildman–Crippen LogP) is 0.128. The minimum atomic E-state index is 0.0352. The van der Waals surface area contributed by atoms with Gasteiger partial charge in [0.1, 0.15) is 5.75 Å². The lowest BCUT2D eigenvalue weighted by Crippen LogP contribution is -2.49. The SMILES string of the molecule is COc1ccc(CCNC(=O)CN2CCN(C=O)CC2)cc1. The van der Waals surface area contributed by atoms with Crippen LogP contribution in [0.3, 0.4) is 0 Å². The Bertz CT molecular complexity index is 482. The number of hydrogen-bond donors (Lipinski definition) is 1. The lowest BCUT2D eigenvalue weighted by molar-refractivity contribution is -0.123. The molecular formula is C16H23N3O3. The molecule has 2 amide bonds. The second-order valence-electron chi connectivity index (χ2n) is 5.37.